The number of benzene rings is 2. The van der Waals surface area contributed by atoms with Crippen LogP contribution in [0, 0.1) is 6.92 Å². The van der Waals surface area contributed by atoms with Crippen molar-refractivity contribution in [2.24, 2.45) is 0 Å². The number of unbranched alkanes of at least 4 members (excludes halogenated alkanes) is 2. The molecule has 0 saturated carbocycles. The molecule has 1 aliphatic heterocycles. The molecule has 0 atom stereocenters. The Morgan fingerprint density at radius 3 is 2.32 bits per heavy atom. The fraction of sp³-hybridized carbons (Fsp3) is 0.393. The molecule has 1 amide bonds. The maximum atomic E-state index is 12.6. The van der Waals surface area contributed by atoms with Gasteiger partial charge in [0.25, 0.3) is 0 Å². The van der Waals surface area contributed by atoms with Crippen molar-refractivity contribution in [2.75, 3.05) is 31.1 Å². The summed E-state index contributed by atoms with van der Waals surface area (Å²) in [6, 6.07) is 18.1. The van der Waals surface area contributed by atoms with Crippen LogP contribution >= 0.6 is 11.6 Å². The summed E-state index contributed by atoms with van der Waals surface area (Å²) in [7, 11) is 0. The molecule has 1 fully saturated rings. The third-order valence-electron chi connectivity index (χ3n) is 6.44. The Kier molecular flexibility index (Phi) is 8.17. The summed E-state index contributed by atoms with van der Waals surface area (Å²) >= 11 is 6.10. The highest BCUT2D eigenvalue weighted by Crippen LogP contribution is 2.28. The lowest BCUT2D eigenvalue weighted by atomic mass is 10.0. The lowest BCUT2D eigenvalue weighted by molar-refractivity contribution is -0.131. The van der Waals surface area contributed by atoms with Crippen LogP contribution in [0.15, 0.2) is 54.6 Å². The Bertz CT molecular complexity index is 1090. The van der Waals surface area contributed by atoms with E-state index in [2.05, 4.69) is 30.9 Å². The number of hydrogen-bond acceptors (Lipinski definition) is 4. The number of aryl methyl sites for hydroxylation is 1. The van der Waals surface area contributed by atoms with Gasteiger partial charge < -0.3 is 9.80 Å². The van der Waals surface area contributed by atoms with E-state index in [1.165, 1.54) is 5.56 Å². The third-order valence-corrected chi connectivity index (χ3v) is 6.70. The van der Waals surface area contributed by atoms with Crippen molar-refractivity contribution in [1.29, 1.82) is 0 Å². The zero-order valence-corrected chi connectivity index (χ0v) is 20.9. The summed E-state index contributed by atoms with van der Waals surface area (Å²) in [5.41, 5.74) is 4.30. The van der Waals surface area contributed by atoms with Crippen molar-refractivity contribution in [3.05, 3.63) is 76.4 Å². The normalized spacial score (nSPS) is 13.9. The van der Waals surface area contributed by atoms with Gasteiger partial charge in [0.1, 0.15) is 5.82 Å². The van der Waals surface area contributed by atoms with Gasteiger partial charge in [-0.25, -0.2) is 9.97 Å². The molecule has 0 aliphatic carbocycles. The summed E-state index contributed by atoms with van der Waals surface area (Å²) in [6.07, 6.45) is 4.62. The second-order valence-electron chi connectivity index (χ2n) is 8.93. The molecule has 1 aliphatic rings. The molecule has 2 aromatic carbocycles. The second kappa shape index (κ2) is 11.5. The van der Waals surface area contributed by atoms with Gasteiger partial charge in [-0.2, -0.15) is 0 Å². The van der Waals surface area contributed by atoms with Crippen molar-refractivity contribution >= 4 is 23.3 Å². The number of piperazine rings is 1. The number of aromatic nitrogens is 2. The number of halogens is 1. The predicted octanol–water partition coefficient (Wildman–Crippen LogP) is 5.93. The molecule has 5 nitrogen and oxygen atoms in total. The summed E-state index contributed by atoms with van der Waals surface area (Å²) in [4.78, 5) is 26.9. The molecule has 2 heterocycles. The van der Waals surface area contributed by atoms with Crippen LogP contribution in [0.5, 0.6) is 0 Å². The molecule has 4 rings (SSSR count). The lowest BCUT2D eigenvalue weighted by Crippen LogP contribution is -2.49. The molecule has 0 spiro atoms. The first-order chi connectivity index (χ1) is 16.5. The van der Waals surface area contributed by atoms with Crippen molar-refractivity contribution in [3.8, 4) is 11.4 Å². The molecule has 3 aromatic rings. The number of nitrogens with zero attached hydrogens (tertiary/aromatic N) is 4. The molecule has 6 heteroatoms. The molecule has 178 valence electrons. The zero-order chi connectivity index (χ0) is 23.9. The summed E-state index contributed by atoms with van der Waals surface area (Å²) in [6.45, 7) is 7.24. The van der Waals surface area contributed by atoms with Crippen LogP contribution in [0.3, 0.4) is 0 Å². The van der Waals surface area contributed by atoms with Gasteiger partial charge in [-0.15, -0.1) is 0 Å². The van der Waals surface area contributed by atoms with E-state index in [-0.39, 0.29) is 5.91 Å². The average molecular weight is 477 g/mol. The molecule has 0 unspecified atom stereocenters. The second-order valence-corrected chi connectivity index (χ2v) is 9.37. The van der Waals surface area contributed by atoms with Gasteiger partial charge in [-0.1, -0.05) is 73.8 Å². The van der Waals surface area contributed by atoms with Crippen molar-refractivity contribution in [2.45, 2.75) is 46.0 Å². The Balaban J connectivity index is 1.59. The topological polar surface area (TPSA) is 49.3 Å². The SMILES string of the molecule is CCCCCC(=O)N1CCN(c2nc(-c3ccccc3)nc(C)c2Cc2ccc(Cl)cc2)CC1. The van der Waals surface area contributed by atoms with Gasteiger partial charge in [0.05, 0.1) is 0 Å². The molecule has 1 aromatic heterocycles. The largest absolute Gasteiger partial charge is 0.353 e. The first kappa shape index (κ1) is 24.2. The standard InChI is InChI=1S/C28H33ClN4O/c1-3-4-6-11-26(34)32-16-18-33(19-17-32)28-25(20-22-12-14-24(29)15-13-22)21(2)30-27(31-28)23-9-7-5-8-10-23/h5,7-10,12-15H,3-4,6,11,16-20H2,1-2H3. The minimum absolute atomic E-state index is 0.276. The highest BCUT2D eigenvalue weighted by molar-refractivity contribution is 6.30. The lowest BCUT2D eigenvalue weighted by Gasteiger charge is -2.36. The number of amides is 1. The van der Waals surface area contributed by atoms with Crippen LogP contribution < -0.4 is 4.90 Å². The molecule has 0 bridgehead atoms. The Morgan fingerprint density at radius 2 is 1.65 bits per heavy atom. The van der Waals surface area contributed by atoms with Crippen molar-refractivity contribution < 1.29 is 4.79 Å². The molecule has 34 heavy (non-hydrogen) atoms. The first-order valence-corrected chi connectivity index (χ1v) is 12.6. The van der Waals surface area contributed by atoms with Crippen LogP contribution in [0.4, 0.5) is 5.82 Å². The predicted molar refractivity (Wildman–Crippen MR) is 139 cm³/mol. The smallest absolute Gasteiger partial charge is 0.222 e. The van der Waals surface area contributed by atoms with Gasteiger partial charge in [-0.3, -0.25) is 4.79 Å². The highest BCUT2D eigenvalue weighted by atomic mass is 35.5. The van der Waals surface area contributed by atoms with Crippen molar-refractivity contribution in [3.63, 3.8) is 0 Å². The zero-order valence-electron chi connectivity index (χ0n) is 20.1. The van der Waals surface area contributed by atoms with Gasteiger partial charge >= 0.3 is 0 Å². The Morgan fingerprint density at radius 1 is 0.941 bits per heavy atom. The minimum atomic E-state index is 0.276. The van der Waals surface area contributed by atoms with E-state index in [1.54, 1.807) is 0 Å². The number of anilines is 1. The maximum Gasteiger partial charge on any atom is 0.222 e. The van der Waals surface area contributed by atoms with Crippen LogP contribution in [-0.2, 0) is 11.2 Å². The van der Waals surface area contributed by atoms with Crippen LogP contribution in [0.2, 0.25) is 5.02 Å². The average Bonchev–Trinajstić information content (AvgIpc) is 2.87. The summed E-state index contributed by atoms with van der Waals surface area (Å²) < 4.78 is 0. The Labute approximate surface area is 207 Å². The third kappa shape index (κ3) is 5.95. The van der Waals surface area contributed by atoms with E-state index in [4.69, 9.17) is 21.6 Å². The van der Waals surface area contributed by atoms with E-state index in [0.29, 0.717) is 6.42 Å². The summed E-state index contributed by atoms with van der Waals surface area (Å²) in [5, 5.41) is 0.732. The number of hydrogen-bond donors (Lipinski definition) is 0. The van der Waals surface area contributed by atoms with E-state index >= 15 is 0 Å². The van der Waals surface area contributed by atoms with Gasteiger partial charge in [-0.05, 0) is 31.0 Å². The number of carbonyl (C=O) groups excluding carboxylic acids is 1. The summed E-state index contributed by atoms with van der Waals surface area (Å²) in [5.74, 6) is 1.99. The molecule has 0 N–H and O–H groups in total. The van der Waals surface area contributed by atoms with Crippen molar-refractivity contribution in [1.82, 2.24) is 14.9 Å². The Hall–Kier alpha value is -2.92. The monoisotopic (exact) mass is 476 g/mol. The van der Waals surface area contributed by atoms with E-state index in [0.717, 1.165) is 85.3 Å². The molecule has 1 saturated heterocycles. The number of carbonyl (C=O) groups is 1. The van der Waals surface area contributed by atoms with Crippen LogP contribution in [0.25, 0.3) is 11.4 Å². The van der Waals surface area contributed by atoms with E-state index in [1.807, 2.05) is 47.4 Å². The first-order valence-electron chi connectivity index (χ1n) is 12.2. The molecule has 0 radical (unpaired) electrons. The fourth-order valence-corrected chi connectivity index (χ4v) is 4.55. The molecular weight excluding hydrogens is 444 g/mol. The fourth-order valence-electron chi connectivity index (χ4n) is 4.42. The molecular formula is C28H33ClN4O. The van der Waals surface area contributed by atoms with Crippen LogP contribution in [0.1, 0.15) is 49.4 Å². The van der Waals surface area contributed by atoms with Gasteiger partial charge in [0, 0.05) is 60.9 Å². The van der Waals surface area contributed by atoms with E-state index < -0.39 is 0 Å². The number of rotatable bonds is 8. The highest BCUT2D eigenvalue weighted by Gasteiger charge is 2.25. The maximum absolute atomic E-state index is 12.6. The minimum Gasteiger partial charge on any atom is -0.353 e. The van der Waals surface area contributed by atoms with Gasteiger partial charge in [0.2, 0.25) is 5.91 Å². The quantitative estimate of drug-likeness (QED) is 0.378. The van der Waals surface area contributed by atoms with Crippen LogP contribution in [-0.4, -0.2) is 47.0 Å². The van der Waals surface area contributed by atoms with E-state index in [9.17, 15) is 4.79 Å². The van der Waals surface area contributed by atoms with Gasteiger partial charge in [0.15, 0.2) is 5.82 Å².